The third-order valence-electron chi connectivity index (χ3n) is 19.1. The molecule has 0 aromatic heterocycles. The van der Waals surface area contributed by atoms with Crippen LogP contribution in [0.4, 0.5) is 0 Å². The van der Waals surface area contributed by atoms with Crippen LogP contribution >= 0.6 is 10.0 Å². The molecule has 19 heteroatoms. The second-order valence-electron chi connectivity index (χ2n) is 26.7. The van der Waals surface area contributed by atoms with Crippen molar-refractivity contribution in [3.63, 3.8) is 0 Å². The molecule has 570 valence electrons. The van der Waals surface area contributed by atoms with Gasteiger partial charge in [0.05, 0.1) is 50.7 Å². The Morgan fingerprint density at radius 1 is 0.393 bits per heavy atom. The Labute approximate surface area is 646 Å². The number of hydrogen-bond donors (Lipinski definition) is 2. The number of halogens is 1. The van der Waals surface area contributed by atoms with Gasteiger partial charge < -0.3 is 53.2 Å². The summed E-state index contributed by atoms with van der Waals surface area (Å²) >= 11 is 0.778. The minimum Gasteiger partial charge on any atom is -0.464 e. The van der Waals surface area contributed by atoms with Crippen LogP contribution in [0.15, 0.2) is 243 Å². The van der Waals surface area contributed by atoms with Gasteiger partial charge in [-0.15, -0.1) is 0 Å². The van der Waals surface area contributed by atoms with Crippen molar-refractivity contribution >= 4 is 49.2 Å². The minimum atomic E-state index is -0.747. The number of β-lactam (4-membered cyclic amide) rings is 2. The molecular weight excluding hydrogens is 1380 g/mol. The molecule has 0 bridgehead atoms. The summed E-state index contributed by atoms with van der Waals surface area (Å²) in [4.78, 5) is 57.4. The first-order valence-corrected chi connectivity index (χ1v) is 41.0. The fraction of sp³-hybridized carbons (Fsp3) is 0.409. The fourth-order valence-corrected chi connectivity index (χ4v) is 13.3. The molecule has 0 spiro atoms. The minimum absolute atomic E-state index is 0.131. The predicted molar refractivity (Wildman–Crippen MR) is 423 cm³/mol. The summed E-state index contributed by atoms with van der Waals surface area (Å²) in [5.74, 6) is -1.12. The van der Waals surface area contributed by atoms with Crippen LogP contribution in [-0.4, -0.2) is 197 Å². The zero-order valence-corrected chi connectivity index (χ0v) is 65.4. The first-order chi connectivity index (χ1) is 52.6. The molecule has 5 saturated heterocycles. The van der Waals surface area contributed by atoms with E-state index in [-0.39, 0.29) is 62.5 Å². The zero-order chi connectivity index (χ0) is 75.5. The number of ether oxygens (including phenoxy) is 7. The van der Waals surface area contributed by atoms with E-state index >= 15 is 0 Å². The van der Waals surface area contributed by atoms with Gasteiger partial charge in [-0.05, 0) is 123 Å². The highest BCUT2D eigenvalue weighted by Crippen LogP contribution is 2.30. The molecule has 5 heterocycles. The average molecular weight is 1490 g/mol. The van der Waals surface area contributed by atoms with Gasteiger partial charge in [-0.3, -0.25) is 29.4 Å². The van der Waals surface area contributed by atoms with Gasteiger partial charge in [0.15, 0.2) is 24.3 Å². The Hall–Kier alpha value is -7.90. The second-order valence-corrected chi connectivity index (χ2v) is 26.7. The van der Waals surface area contributed by atoms with E-state index in [1.54, 1.807) is 13.8 Å². The summed E-state index contributed by atoms with van der Waals surface area (Å²) in [7, 11) is 4.78. The van der Waals surface area contributed by atoms with Crippen LogP contribution in [0.5, 0.6) is 0 Å². The molecule has 0 radical (unpaired) electrons. The van der Waals surface area contributed by atoms with Gasteiger partial charge in [0.2, 0.25) is 0 Å². The molecule has 8 aromatic rings. The standard InChI is InChI=1S/2C22H25NO4.2C20H25NO2.C4H8O.Al.ClH.2H/c2*1-2-26-22(25)19-20(27-15-9-14-17-10-5-3-6-11-17)21(24)23(19)16-18-12-7-4-8-13-18;2*22-16-19-20(15-21(19)14-18-10-5-2-6-11-18)23-13-7-12-17-8-3-1-4-9-17;1-2-4-5-3-1;;;;/h2*3-8,10-13,19-20H,2,9,14-16H2,1H3;2*1-6,8-11,19-20,22H,7,12-16H2;1-4H2;;1H;;/q;;;;;+1;;;/p-1/t4*19-,20-;;;;;/m1010...../s1. The molecule has 5 aliphatic heterocycles. The summed E-state index contributed by atoms with van der Waals surface area (Å²) in [6.45, 7) is 13.1. The third-order valence-corrected chi connectivity index (χ3v) is 19.1. The molecule has 13 rings (SSSR count). The monoisotopic (exact) mass is 1490 g/mol. The Kier molecular flexibility index (Phi) is 39.0. The molecule has 0 aliphatic carbocycles. The number of hydrogen-bond acceptors (Lipinski definition) is 15. The van der Waals surface area contributed by atoms with Crippen molar-refractivity contribution in [2.24, 2.45) is 0 Å². The molecule has 8 aromatic carbocycles. The maximum absolute atomic E-state index is 12.5. The number of rotatable bonds is 34. The maximum atomic E-state index is 12.5. The van der Waals surface area contributed by atoms with Gasteiger partial charge in [0, 0.05) is 78.9 Å². The first kappa shape index (κ1) is 84.7. The Balaban J connectivity index is 0.000000175. The van der Waals surface area contributed by atoms with Gasteiger partial charge in [-0.1, -0.05) is 243 Å². The highest BCUT2D eigenvalue weighted by atomic mass is 35.6. The van der Waals surface area contributed by atoms with Crippen molar-refractivity contribution in [3.8, 4) is 0 Å². The van der Waals surface area contributed by atoms with Gasteiger partial charge in [0.25, 0.3) is 11.8 Å². The average Bonchev–Trinajstić information content (AvgIpc) is 0.850. The normalized spacial score (nSPS) is 19.7. The molecule has 2 N–H and O–H groups in total. The van der Waals surface area contributed by atoms with E-state index in [1.165, 1.54) is 56.0 Å². The van der Waals surface area contributed by atoms with Crippen molar-refractivity contribution < 1.29 is 62.5 Å². The number of aryl methyl sites for hydroxylation is 4. The van der Waals surface area contributed by atoms with Gasteiger partial charge >= 0.3 is 27.3 Å². The van der Waals surface area contributed by atoms with Gasteiger partial charge in [-0.25, -0.2) is 9.59 Å². The molecule has 8 atom stereocenters. The maximum Gasteiger partial charge on any atom is 0.353 e. The number of benzene rings is 8. The molecule has 107 heavy (non-hydrogen) atoms. The summed E-state index contributed by atoms with van der Waals surface area (Å²) in [6, 6.07) is 80.2. The van der Waals surface area contributed by atoms with E-state index in [1.807, 2.05) is 121 Å². The van der Waals surface area contributed by atoms with Crippen molar-refractivity contribution in [1.82, 2.24) is 19.6 Å². The van der Waals surface area contributed by atoms with Crippen LogP contribution in [0.1, 0.15) is 96.9 Å². The molecule has 0 unspecified atom stereocenters. The smallest absolute Gasteiger partial charge is 0.353 e. The summed E-state index contributed by atoms with van der Waals surface area (Å²) < 4.78 is 38.7. The molecule has 5 fully saturated rings. The number of aliphatic hydroxyl groups is 2. The van der Waals surface area contributed by atoms with Crippen LogP contribution < -0.4 is 0 Å². The van der Waals surface area contributed by atoms with E-state index in [0.717, 1.165) is 130 Å². The molecule has 17 nitrogen and oxygen atoms in total. The van der Waals surface area contributed by atoms with E-state index in [2.05, 4.69) is 131 Å². The predicted octanol–water partition coefficient (Wildman–Crippen LogP) is 12.3. The Morgan fingerprint density at radius 3 is 0.888 bits per heavy atom. The van der Waals surface area contributed by atoms with E-state index in [9.17, 15) is 29.4 Å². The highest BCUT2D eigenvalue weighted by Gasteiger charge is 2.54. The number of esters is 2. The van der Waals surface area contributed by atoms with Crippen molar-refractivity contribution in [2.45, 2.75) is 153 Å². The van der Waals surface area contributed by atoms with Gasteiger partial charge in [0.1, 0.15) is 0 Å². The third kappa shape index (κ3) is 28.2. The second kappa shape index (κ2) is 49.2. The number of nitrogens with zero attached hydrogens (tertiary/aromatic N) is 4. The molecule has 0 saturated carbocycles. The van der Waals surface area contributed by atoms with Crippen LogP contribution in [0.25, 0.3) is 0 Å². The van der Waals surface area contributed by atoms with Gasteiger partial charge in [-0.2, -0.15) is 0 Å². The summed E-state index contributed by atoms with van der Waals surface area (Å²) in [5.41, 5.74) is 9.69. The SMILES string of the molecule is C1CCOC1.CCOC(=O)[C@@H]1[C@H](OCCCc2ccccc2)C(=O)N1Cc1ccccc1.CCOC(=O)[C@H]1[C@@H](OCCCc2ccccc2)C(=O)N1Cc1ccccc1.OC[C@@H]1[C@H](OCCCc2ccccc2)CN1Cc1ccccc1.OC[C@H]1[C@@H](OCCCc2ccccc2)CN1Cc1ccccc1.[AlH2][Cl]. The Morgan fingerprint density at radius 2 is 0.645 bits per heavy atom. The Bertz CT molecular complexity index is 3450. The number of amides is 2. The lowest BCUT2D eigenvalue weighted by Crippen LogP contribution is -2.68. The first-order valence-electron chi connectivity index (χ1n) is 38.0. The topological polar surface area (TPSA) is 186 Å². The quantitative estimate of drug-likeness (QED) is 0.0168. The van der Waals surface area contributed by atoms with Crippen molar-refractivity contribution in [3.05, 3.63) is 287 Å². The summed E-state index contributed by atoms with van der Waals surface area (Å²) in [6.07, 6.45) is 8.87. The lowest BCUT2D eigenvalue weighted by molar-refractivity contribution is -0.189. The molecular formula is C88H110AlClN4O13. The van der Waals surface area contributed by atoms with Crippen LogP contribution in [0, 0.1) is 0 Å². The number of aliphatic hydroxyl groups excluding tert-OH is 2. The largest absolute Gasteiger partial charge is 0.464 e. The van der Waals surface area contributed by atoms with E-state index in [0.29, 0.717) is 26.3 Å². The lowest BCUT2D eigenvalue weighted by Gasteiger charge is -2.47. The number of likely N-dealkylation sites (tertiary alicyclic amines) is 4. The molecule has 5 aliphatic rings. The zero-order valence-electron chi connectivity index (χ0n) is 62.6. The van der Waals surface area contributed by atoms with Crippen LogP contribution in [0.2, 0.25) is 0 Å². The van der Waals surface area contributed by atoms with Crippen LogP contribution in [-0.2, 0) is 104 Å². The van der Waals surface area contributed by atoms with E-state index in [4.69, 9.17) is 43.2 Å². The molecule has 2 amide bonds. The number of carbonyl (C=O) groups is 4. The highest BCUT2D eigenvalue weighted by molar-refractivity contribution is 6.80. The van der Waals surface area contributed by atoms with E-state index < -0.39 is 36.2 Å². The lowest BCUT2D eigenvalue weighted by atomic mass is 9.96. The van der Waals surface area contributed by atoms with Crippen LogP contribution in [0.3, 0.4) is 0 Å². The summed E-state index contributed by atoms with van der Waals surface area (Å²) in [5, 5.41) is 19.2. The van der Waals surface area contributed by atoms with Crippen molar-refractivity contribution in [2.75, 3.05) is 79.2 Å². The van der Waals surface area contributed by atoms with Crippen molar-refractivity contribution in [1.29, 1.82) is 0 Å². The number of carbonyl (C=O) groups excluding carboxylic acids is 4. The fourth-order valence-electron chi connectivity index (χ4n) is 13.3.